The lowest BCUT2D eigenvalue weighted by Crippen LogP contribution is -1.89. The fourth-order valence-corrected chi connectivity index (χ4v) is 1.25. The van der Waals surface area contributed by atoms with Crippen molar-refractivity contribution in [2.24, 2.45) is 0 Å². The summed E-state index contributed by atoms with van der Waals surface area (Å²) in [5, 5.41) is 0. The van der Waals surface area contributed by atoms with Gasteiger partial charge >= 0.3 is 0 Å². The first-order valence-corrected chi connectivity index (χ1v) is 3.65. The number of aldehydes is 1. The lowest BCUT2D eigenvalue weighted by atomic mass is 10.1. The Kier molecular flexibility index (Phi) is 2.22. The lowest BCUT2D eigenvalue weighted by Gasteiger charge is -2.02. The van der Waals surface area contributed by atoms with E-state index >= 15 is 0 Å². The van der Waals surface area contributed by atoms with E-state index in [-0.39, 0.29) is 0 Å². The molecule has 0 spiro atoms. The first kappa shape index (κ1) is 6.75. The average Bonchev–Trinajstić information content (AvgIpc) is 1.89. The molecule has 9 heavy (non-hydrogen) atoms. The molecule has 0 aromatic carbocycles. The maximum atomic E-state index is 10.2. The maximum absolute atomic E-state index is 10.2. The average molecular weight is 187 g/mol. The molecule has 1 aliphatic rings. The van der Waals surface area contributed by atoms with Gasteiger partial charge in [0.25, 0.3) is 0 Å². The van der Waals surface area contributed by atoms with E-state index in [2.05, 4.69) is 15.9 Å². The summed E-state index contributed by atoms with van der Waals surface area (Å²) in [4.78, 5) is 10.2. The quantitative estimate of drug-likeness (QED) is 0.575. The first-order chi connectivity index (χ1) is 4.34. The minimum absolute atomic E-state index is 0.779. The highest BCUT2D eigenvalue weighted by molar-refractivity contribution is 9.12. The van der Waals surface area contributed by atoms with Crippen molar-refractivity contribution in [2.45, 2.75) is 12.8 Å². The van der Waals surface area contributed by atoms with Gasteiger partial charge in [0.2, 0.25) is 0 Å². The molecule has 0 radical (unpaired) electrons. The Bertz CT molecular complexity index is 179. The highest BCUT2D eigenvalue weighted by Gasteiger charge is 2.02. The van der Waals surface area contributed by atoms with Crippen LogP contribution in [0.25, 0.3) is 0 Å². The third-order valence-corrected chi connectivity index (χ3v) is 2.04. The summed E-state index contributed by atoms with van der Waals surface area (Å²) in [5.41, 5.74) is 0.779. The van der Waals surface area contributed by atoms with E-state index in [0.717, 1.165) is 29.2 Å². The van der Waals surface area contributed by atoms with Crippen molar-refractivity contribution in [1.82, 2.24) is 0 Å². The van der Waals surface area contributed by atoms with Gasteiger partial charge in [0, 0.05) is 10.1 Å². The lowest BCUT2D eigenvalue weighted by molar-refractivity contribution is -0.104. The number of rotatable bonds is 1. The summed E-state index contributed by atoms with van der Waals surface area (Å²) in [5.74, 6) is 0. The van der Waals surface area contributed by atoms with Crippen LogP contribution >= 0.6 is 15.9 Å². The number of hydrogen-bond donors (Lipinski definition) is 0. The molecule has 0 saturated heterocycles. The number of allylic oxidation sites excluding steroid dienone is 4. The molecule has 1 aliphatic carbocycles. The highest BCUT2D eigenvalue weighted by atomic mass is 79.9. The molecule has 0 heterocycles. The largest absolute Gasteiger partial charge is 0.298 e. The third kappa shape index (κ3) is 1.52. The van der Waals surface area contributed by atoms with Gasteiger partial charge in [-0.15, -0.1) is 0 Å². The predicted molar refractivity (Wildman–Crippen MR) is 40.4 cm³/mol. The van der Waals surface area contributed by atoms with Crippen LogP contribution in [0.2, 0.25) is 0 Å². The van der Waals surface area contributed by atoms with Crippen LogP contribution in [-0.4, -0.2) is 6.29 Å². The Balaban J connectivity index is 2.79. The van der Waals surface area contributed by atoms with E-state index in [1.54, 1.807) is 0 Å². The Morgan fingerprint density at radius 3 is 2.56 bits per heavy atom. The van der Waals surface area contributed by atoms with Gasteiger partial charge in [-0.2, -0.15) is 0 Å². The van der Waals surface area contributed by atoms with Crippen molar-refractivity contribution >= 4 is 22.2 Å². The molecule has 0 N–H and O–H groups in total. The summed E-state index contributed by atoms with van der Waals surface area (Å²) in [6.45, 7) is 0. The second-order valence-corrected chi connectivity index (χ2v) is 2.76. The van der Waals surface area contributed by atoms with Crippen molar-refractivity contribution in [3.63, 3.8) is 0 Å². The van der Waals surface area contributed by atoms with Gasteiger partial charge in [0.15, 0.2) is 6.29 Å². The number of carbonyl (C=O) groups is 1. The third-order valence-electron chi connectivity index (χ3n) is 1.26. The summed E-state index contributed by atoms with van der Waals surface area (Å²) in [7, 11) is 0. The van der Waals surface area contributed by atoms with Crippen LogP contribution < -0.4 is 0 Å². The summed E-state index contributed by atoms with van der Waals surface area (Å²) >= 11 is 3.28. The zero-order valence-corrected chi connectivity index (χ0v) is 6.52. The number of carbonyl (C=O) groups excluding carboxylic acids is 1. The molecule has 1 rings (SSSR count). The predicted octanol–water partition coefficient (Wildman–Crippen LogP) is 2.18. The van der Waals surface area contributed by atoms with Gasteiger partial charge in [-0.25, -0.2) is 0 Å². The molecular weight excluding hydrogens is 180 g/mol. The normalized spacial score (nSPS) is 18.3. The van der Waals surface area contributed by atoms with Gasteiger partial charge < -0.3 is 0 Å². The minimum Gasteiger partial charge on any atom is -0.298 e. The zero-order chi connectivity index (χ0) is 6.69. The second kappa shape index (κ2) is 2.97. The molecule has 0 unspecified atom stereocenters. The molecule has 2 heteroatoms. The van der Waals surface area contributed by atoms with E-state index in [4.69, 9.17) is 0 Å². The minimum atomic E-state index is 0.779. The molecule has 0 aromatic heterocycles. The standard InChI is InChI=1S/C7H7BrO/c8-7-4-2-1-3-6(7)5-9/h3-5H,1-2H2. The van der Waals surface area contributed by atoms with Crippen molar-refractivity contribution in [3.05, 3.63) is 22.2 Å². The highest BCUT2D eigenvalue weighted by Crippen LogP contribution is 2.21. The van der Waals surface area contributed by atoms with Crippen LogP contribution in [0.15, 0.2) is 22.2 Å². The van der Waals surface area contributed by atoms with Gasteiger partial charge in [0.1, 0.15) is 0 Å². The van der Waals surface area contributed by atoms with E-state index < -0.39 is 0 Å². The molecule has 0 fully saturated rings. The van der Waals surface area contributed by atoms with Gasteiger partial charge in [-0.1, -0.05) is 28.1 Å². The number of halogens is 1. The molecule has 0 bridgehead atoms. The van der Waals surface area contributed by atoms with E-state index in [1.165, 1.54) is 0 Å². The Labute approximate surface area is 62.6 Å². The van der Waals surface area contributed by atoms with Crippen LogP contribution in [0.4, 0.5) is 0 Å². The van der Waals surface area contributed by atoms with Crippen molar-refractivity contribution in [3.8, 4) is 0 Å². The van der Waals surface area contributed by atoms with Gasteiger partial charge in [0.05, 0.1) is 0 Å². The smallest absolute Gasteiger partial charge is 0.150 e. The second-order valence-electron chi connectivity index (χ2n) is 1.91. The fourth-order valence-electron chi connectivity index (χ4n) is 0.769. The molecule has 1 nitrogen and oxygen atoms in total. The van der Waals surface area contributed by atoms with Crippen LogP contribution in [0.3, 0.4) is 0 Å². The van der Waals surface area contributed by atoms with Gasteiger partial charge in [-0.05, 0) is 12.8 Å². The van der Waals surface area contributed by atoms with Crippen LogP contribution in [-0.2, 0) is 4.79 Å². The summed E-state index contributed by atoms with van der Waals surface area (Å²) in [6.07, 6.45) is 6.86. The molecule has 0 aromatic rings. The Morgan fingerprint density at radius 2 is 2.11 bits per heavy atom. The zero-order valence-electron chi connectivity index (χ0n) is 4.93. The van der Waals surface area contributed by atoms with Crippen LogP contribution in [0.5, 0.6) is 0 Å². The first-order valence-electron chi connectivity index (χ1n) is 2.86. The van der Waals surface area contributed by atoms with E-state index in [9.17, 15) is 4.79 Å². The molecular formula is C7H7BrO. The molecule has 0 aliphatic heterocycles. The molecule has 0 atom stereocenters. The van der Waals surface area contributed by atoms with E-state index in [1.807, 2.05) is 12.2 Å². The monoisotopic (exact) mass is 186 g/mol. The van der Waals surface area contributed by atoms with Crippen molar-refractivity contribution in [1.29, 1.82) is 0 Å². The van der Waals surface area contributed by atoms with Gasteiger partial charge in [-0.3, -0.25) is 4.79 Å². The Morgan fingerprint density at radius 1 is 1.44 bits per heavy atom. The van der Waals surface area contributed by atoms with Crippen molar-refractivity contribution in [2.75, 3.05) is 0 Å². The maximum Gasteiger partial charge on any atom is 0.150 e. The molecule has 48 valence electrons. The summed E-state index contributed by atoms with van der Waals surface area (Å²) < 4.78 is 0.934. The number of hydrogen-bond acceptors (Lipinski definition) is 1. The Hall–Kier alpha value is -0.370. The fraction of sp³-hybridized carbons (Fsp3) is 0.286. The van der Waals surface area contributed by atoms with Crippen LogP contribution in [0.1, 0.15) is 12.8 Å². The topological polar surface area (TPSA) is 17.1 Å². The molecule has 0 saturated carbocycles. The summed E-state index contributed by atoms with van der Waals surface area (Å²) in [6, 6.07) is 0. The van der Waals surface area contributed by atoms with E-state index in [0.29, 0.717) is 0 Å². The SMILES string of the molecule is O=CC1=CCCC=C1Br. The van der Waals surface area contributed by atoms with Crippen molar-refractivity contribution < 1.29 is 4.79 Å². The van der Waals surface area contributed by atoms with Crippen LogP contribution in [0, 0.1) is 0 Å². The molecule has 0 amide bonds.